The molecule has 2 aromatic heterocycles. The summed E-state index contributed by atoms with van der Waals surface area (Å²) >= 11 is 12.7. The zero-order valence-electron chi connectivity index (χ0n) is 23.5. The minimum Gasteiger partial charge on any atom is -0.443 e. The molecule has 12 heteroatoms. The second-order valence-electron chi connectivity index (χ2n) is 11.5. The van der Waals surface area contributed by atoms with Crippen molar-refractivity contribution in [3.63, 3.8) is 0 Å². The van der Waals surface area contributed by atoms with Crippen molar-refractivity contribution >= 4 is 46.3 Å². The third-order valence-electron chi connectivity index (χ3n) is 6.10. The van der Waals surface area contributed by atoms with Crippen molar-refractivity contribution < 1.29 is 19.1 Å². The van der Waals surface area contributed by atoms with Gasteiger partial charge < -0.3 is 9.47 Å². The van der Waals surface area contributed by atoms with Gasteiger partial charge in [-0.3, -0.25) is 19.0 Å². The Labute approximate surface area is 246 Å². The highest BCUT2D eigenvalue weighted by molar-refractivity contribution is 6.33. The van der Waals surface area contributed by atoms with Crippen LogP contribution in [0.25, 0.3) is 28.2 Å². The number of fused-ring (bicyclic) bond motifs is 1. The van der Waals surface area contributed by atoms with Crippen molar-refractivity contribution in [2.75, 3.05) is 0 Å². The molecule has 4 rings (SSSR count). The van der Waals surface area contributed by atoms with Crippen LogP contribution in [0.4, 0.5) is 0 Å². The second kappa shape index (κ2) is 11.2. The maximum atomic E-state index is 14.0. The first-order valence-corrected chi connectivity index (χ1v) is 13.5. The monoisotopic (exact) mass is 600 g/mol. The molecule has 0 aliphatic carbocycles. The number of esters is 2. The maximum absolute atomic E-state index is 14.0. The Balaban J connectivity index is 2.06. The smallest absolute Gasteiger partial charge is 0.338 e. The van der Waals surface area contributed by atoms with E-state index in [-0.39, 0.29) is 17.0 Å². The van der Waals surface area contributed by atoms with E-state index in [4.69, 9.17) is 32.7 Å². The van der Waals surface area contributed by atoms with Crippen LogP contribution in [-0.2, 0) is 32.5 Å². The molecule has 0 aliphatic rings. The Morgan fingerprint density at radius 1 is 0.805 bits per heavy atom. The average Bonchev–Trinajstić information content (AvgIpc) is 3.28. The summed E-state index contributed by atoms with van der Waals surface area (Å²) < 4.78 is 14.2. The van der Waals surface area contributed by atoms with E-state index in [2.05, 4.69) is 4.98 Å². The predicted octanol–water partition coefficient (Wildman–Crippen LogP) is 5.42. The Kier molecular flexibility index (Phi) is 8.20. The van der Waals surface area contributed by atoms with Crippen molar-refractivity contribution in [2.45, 2.75) is 55.0 Å². The number of rotatable bonds is 6. The molecule has 2 heterocycles. The molecule has 0 unspecified atom stereocenters. The lowest BCUT2D eigenvalue weighted by molar-refractivity contribution is -0.157. The van der Waals surface area contributed by atoms with Gasteiger partial charge in [0.25, 0.3) is 5.56 Å². The van der Waals surface area contributed by atoms with E-state index in [9.17, 15) is 19.2 Å². The van der Waals surface area contributed by atoms with Crippen LogP contribution in [0, 0.1) is 10.8 Å². The number of ether oxygens (including phenoxy) is 2. The highest BCUT2D eigenvalue weighted by Gasteiger charge is 2.28. The summed E-state index contributed by atoms with van der Waals surface area (Å²) in [7, 11) is 0. The van der Waals surface area contributed by atoms with Gasteiger partial charge in [-0.1, -0.05) is 35.3 Å². The molecule has 0 bridgehead atoms. The Morgan fingerprint density at radius 2 is 1.34 bits per heavy atom. The molecule has 0 N–H and O–H groups in total. The lowest BCUT2D eigenvalue weighted by atomic mass is 9.97. The molecule has 0 aliphatic heterocycles. The topological polar surface area (TPSA) is 114 Å². The molecule has 0 radical (unpaired) electrons. The fraction of sp³-hybridized carbons (Fsp3) is 0.345. The summed E-state index contributed by atoms with van der Waals surface area (Å²) in [6.45, 7) is 8.76. The van der Waals surface area contributed by atoms with Crippen LogP contribution in [-0.4, -0.2) is 30.6 Å². The normalized spacial score (nSPS) is 12.0. The van der Waals surface area contributed by atoms with Gasteiger partial charge in [-0.2, -0.15) is 0 Å². The van der Waals surface area contributed by atoms with E-state index in [1.165, 1.54) is 0 Å². The van der Waals surface area contributed by atoms with Gasteiger partial charge >= 0.3 is 17.6 Å². The van der Waals surface area contributed by atoms with Crippen LogP contribution in [0.2, 0.25) is 10.0 Å². The molecule has 0 amide bonds. The van der Waals surface area contributed by atoms with E-state index in [0.717, 1.165) is 9.13 Å². The molecule has 41 heavy (non-hydrogen) atoms. The summed E-state index contributed by atoms with van der Waals surface area (Å²) in [5.41, 5.74) is -2.48. The van der Waals surface area contributed by atoms with Gasteiger partial charge in [-0.25, -0.2) is 18.9 Å². The largest absolute Gasteiger partial charge is 0.443 e. The Morgan fingerprint density at radius 3 is 1.88 bits per heavy atom. The summed E-state index contributed by atoms with van der Waals surface area (Å²) in [6.07, 6.45) is 0. The van der Waals surface area contributed by atoms with Gasteiger partial charge in [-0.05, 0) is 77.9 Å². The van der Waals surface area contributed by atoms with Crippen molar-refractivity contribution in [1.29, 1.82) is 0 Å². The first kappa shape index (κ1) is 30.1. The molecular weight excluding hydrogens is 571 g/mol. The standard InChI is InChI=1S/C29H30Cl2N4O6/c1-28(2,3)25(37)40-15-33-23-21(24(36)34(27(33)39)16-41-26(38)29(4,5)6)35(18-13-11-17(30)12-14-18)22(32-23)19-9-7-8-10-20(19)31/h7-14H,15-16H2,1-6H3. The fourth-order valence-corrected chi connectivity index (χ4v) is 4.16. The van der Waals surface area contributed by atoms with Crippen molar-refractivity contribution in [3.8, 4) is 17.1 Å². The van der Waals surface area contributed by atoms with Crippen molar-refractivity contribution in [1.82, 2.24) is 18.7 Å². The number of nitrogens with zero attached hydrogens (tertiary/aromatic N) is 4. The number of carbonyl (C=O) groups excluding carboxylic acids is 2. The lowest BCUT2D eigenvalue weighted by Gasteiger charge is -2.19. The molecular formula is C29H30Cl2N4O6. The third kappa shape index (κ3) is 6.08. The average molecular weight is 601 g/mol. The van der Waals surface area contributed by atoms with E-state index >= 15 is 0 Å². The number of halogens is 2. The van der Waals surface area contributed by atoms with Crippen molar-refractivity contribution in [2.24, 2.45) is 10.8 Å². The fourth-order valence-electron chi connectivity index (χ4n) is 3.81. The number of carbonyl (C=O) groups is 2. The van der Waals surface area contributed by atoms with Gasteiger partial charge in [0.2, 0.25) is 0 Å². The lowest BCUT2D eigenvalue weighted by Crippen LogP contribution is -2.43. The minimum absolute atomic E-state index is 0.0274. The molecule has 0 saturated carbocycles. The van der Waals surface area contributed by atoms with E-state index in [1.807, 2.05) is 0 Å². The van der Waals surface area contributed by atoms with Gasteiger partial charge in [-0.15, -0.1) is 0 Å². The van der Waals surface area contributed by atoms with Crippen LogP contribution in [0.3, 0.4) is 0 Å². The summed E-state index contributed by atoms with van der Waals surface area (Å²) in [6, 6.07) is 13.6. The summed E-state index contributed by atoms with van der Waals surface area (Å²) in [5.74, 6) is -0.930. The Hall–Kier alpha value is -3.89. The quantitative estimate of drug-likeness (QED) is 0.271. The molecule has 4 aromatic rings. The first-order chi connectivity index (χ1) is 19.1. The number of imidazole rings is 1. The Bertz CT molecular complexity index is 1760. The van der Waals surface area contributed by atoms with Crippen LogP contribution < -0.4 is 11.2 Å². The van der Waals surface area contributed by atoms with E-state index < -0.39 is 47.5 Å². The second-order valence-corrected chi connectivity index (χ2v) is 12.3. The van der Waals surface area contributed by atoms with Gasteiger partial charge in [0.15, 0.2) is 24.6 Å². The molecule has 216 valence electrons. The summed E-state index contributed by atoms with van der Waals surface area (Å²) in [4.78, 5) is 57.5. The number of benzene rings is 2. The van der Waals surface area contributed by atoms with Crippen LogP contribution in [0.5, 0.6) is 0 Å². The molecule has 0 fully saturated rings. The van der Waals surface area contributed by atoms with Crippen LogP contribution in [0.15, 0.2) is 58.1 Å². The highest BCUT2D eigenvalue weighted by Crippen LogP contribution is 2.32. The number of aromatic nitrogens is 4. The predicted molar refractivity (Wildman–Crippen MR) is 156 cm³/mol. The number of hydrogen-bond acceptors (Lipinski definition) is 7. The van der Waals surface area contributed by atoms with E-state index in [1.54, 1.807) is 94.6 Å². The highest BCUT2D eigenvalue weighted by atomic mass is 35.5. The SMILES string of the molecule is CC(C)(C)C(=O)OCn1c(=O)c2c(nc(-c3ccccc3Cl)n2-c2ccc(Cl)cc2)n(COC(=O)C(C)(C)C)c1=O. The van der Waals surface area contributed by atoms with E-state index in [0.29, 0.717) is 21.3 Å². The first-order valence-electron chi connectivity index (χ1n) is 12.7. The number of hydrogen-bond donors (Lipinski definition) is 0. The minimum atomic E-state index is -0.878. The molecule has 2 aromatic carbocycles. The third-order valence-corrected chi connectivity index (χ3v) is 6.68. The van der Waals surface area contributed by atoms with Crippen LogP contribution in [0.1, 0.15) is 41.5 Å². The maximum Gasteiger partial charge on any atom is 0.338 e. The van der Waals surface area contributed by atoms with Gasteiger partial charge in [0.05, 0.1) is 15.9 Å². The van der Waals surface area contributed by atoms with Gasteiger partial charge in [0.1, 0.15) is 5.82 Å². The molecule has 0 saturated heterocycles. The zero-order chi connectivity index (χ0) is 30.3. The molecule has 0 atom stereocenters. The molecule has 10 nitrogen and oxygen atoms in total. The molecule has 0 spiro atoms. The van der Waals surface area contributed by atoms with Gasteiger partial charge in [0, 0.05) is 16.3 Å². The zero-order valence-corrected chi connectivity index (χ0v) is 25.0. The summed E-state index contributed by atoms with van der Waals surface area (Å²) in [5, 5.41) is 0.820. The van der Waals surface area contributed by atoms with Crippen molar-refractivity contribution in [3.05, 3.63) is 79.4 Å². The van der Waals surface area contributed by atoms with Crippen LogP contribution >= 0.6 is 23.2 Å².